The lowest BCUT2D eigenvalue weighted by Gasteiger charge is -2.25. The van der Waals surface area contributed by atoms with Crippen LogP contribution in [0.5, 0.6) is 0 Å². The highest BCUT2D eigenvalue weighted by atomic mass is 35.5. The van der Waals surface area contributed by atoms with Crippen molar-refractivity contribution in [3.8, 4) is 0 Å². The average molecular weight is 401 g/mol. The number of nitro groups is 1. The topological polar surface area (TPSA) is 62.5 Å². The summed E-state index contributed by atoms with van der Waals surface area (Å²) in [6.45, 7) is 2.43. The number of hydrogen-bond donors (Lipinski definition) is 0. The molecule has 1 aliphatic rings. The molecule has 0 spiro atoms. The van der Waals surface area contributed by atoms with Crippen molar-refractivity contribution >= 4 is 28.8 Å². The van der Waals surface area contributed by atoms with Gasteiger partial charge in [0.05, 0.1) is 21.2 Å². The summed E-state index contributed by atoms with van der Waals surface area (Å²) >= 11 is 6.20. The first kappa shape index (κ1) is 19.2. The Morgan fingerprint density at radius 2 is 1.78 bits per heavy atom. The minimum Gasteiger partial charge on any atom is -0.368 e. The van der Waals surface area contributed by atoms with E-state index < -0.39 is 16.7 Å². The molecule has 2 heterocycles. The minimum absolute atomic E-state index is 0.0749. The van der Waals surface area contributed by atoms with Crippen LogP contribution in [-0.2, 0) is 6.18 Å². The quantitative estimate of drug-likeness (QED) is 0.565. The Hall–Kier alpha value is -2.55. The lowest BCUT2D eigenvalue weighted by Crippen LogP contribution is -2.31. The highest BCUT2D eigenvalue weighted by Crippen LogP contribution is 2.32. The minimum atomic E-state index is -4.41. The van der Waals surface area contributed by atoms with Crippen LogP contribution in [0.2, 0.25) is 5.02 Å². The Morgan fingerprint density at radius 3 is 2.37 bits per heavy atom. The van der Waals surface area contributed by atoms with Crippen LogP contribution >= 0.6 is 11.6 Å². The predicted octanol–water partition coefficient (Wildman–Crippen LogP) is 4.38. The summed E-state index contributed by atoms with van der Waals surface area (Å²) in [5.74, 6) is 0.486. The SMILES string of the molecule is O=[N+]([O-])c1ccc(N2CCCN(c3ccc(C(F)(F)F)cn3)CC2)c(Cl)c1. The van der Waals surface area contributed by atoms with Gasteiger partial charge in [-0.25, -0.2) is 4.98 Å². The van der Waals surface area contributed by atoms with Crippen LogP contribution in [0.4, 0.5) is 30.4 Å². The molecular formula is C17H16ClF3N4O2. The molecule has 10 heteroatoms. The van der Waals surface area contributed by atoms with Crippen molar-refractivity contribution in [3.63, 3.8) is 0 Å². The molecule has 0 radical (unpaired) electrons. The number of benzene rings is 1. The van der Waals surface area contributed by atoms with E-state index in [1.807, 2.05) is 9.80 Å². The zero-order chi connectivity index (χ0) is 19.6. The van der Waals surface area contributed by atoms with Crippen LogP contribution in [0.3, 0.4) is 0 Å². The number of alkyl halides is 3. The number of nitrogens with zero attached hydrogens (tertiary/aromatic N) is 4. The van der Waals surface area contributed by atoms with Crippen molar-refractivity contribution in [1.29, 1.82) is 0 Å². The van der Waals surface area contributed by atoms with E-state index in [1.54, 1.807) is 6.07 Å². The molecule has 0 saturated carbocycles. The van der Waals surface area contributed by atoms with Gasteiger partial charge in [-0.2, -0.15) is 13.2 Å². The number of anilines is 2. The predicted molar refractivity (Wildman–Crippen MR) is 96.4 cm³/mol. The fourth-order valence-electron chi connectivity index (χ4n) is 2.99. The number of aromatic nitrogens is 1. The molecule has 0 unspecified atom stereocenters. The van der Waals surface area contributed by atoms with Gasteiger partial charge >= 0.3 is 6.18 Å². The smallest absolute Gasteiger partial charge is 0.368 e. The van der Waals surface area contributed by atoms with E-state index in [4.69, 9.17) is 11.6 Å². The van der Waals surface area contributed by atoms with Crippen LogP contribution in [0.1, 0.15) is 12.0 Å². The Kier molecular flexibility index (Phi) is 5.41. The maximum absolute atomic E-state index is 12.7. The van der Waals surface area contributed by atoms with E-state index in [0.717, 1.165) is 18.7 Å². The number of nitro benzene ring substituents is 1. The van der Waals surface area contributed by atoms with E-state index in [9.17, 15) is 23.3 Å². The van der Waals surface area contributed by atoms with E-state index in [-0.39, 0.29) is 5.69 Å². The summed E-state index contributed by atoms with van der Waals surface area (Å²) in [5, 5.41) is 11.1. The Bertz CT molecular complexity index is 830. The number of non-ortho nitro benzene ring substituents is 1. The van der Waals surface area contributed by atoms with Crippen LogP contribution in [0, 0.1) is 10.1 Å². The maximum Gasteiger partial charge on any atom is 0.417 e. The normalized spacial score (nSPS) is 15.6. The molecular weight excluding hydrogens is 385 g/mol. The van der Waals surface area contributed by atoms with Crippen LogP contribution in [0.15, 0.2) is 36.5 Å². The van der Waals surface area contributed by atoms with Gasteiger partial charge in [-0.15, -0.1) is 0 Å². The molecule has 144 valence electrons. The molecule has 2 aromatic rings. The number of pyridine rings is 1. The fourth-order valence-corrected chi connectivity index (χ4v) is 3.29. The standard InChI is InChI=1S/C17H16ClF3N4O2/c18-14-10-13(25(26)27)3-4-15(14)23-6-1-7-24(9-8-23)16-5-2-12(11-22-16)17(19,20)21/h2-5,10-11H,1,6-9H2. The van der Waals surface area contributed by atoms with E-state index in [1.165, 1.54) is 18.2 Å². The second-order valence-corrected chi connectivity index (χ2v) is 6.53. The maximum atomic E-state index is 12.7. The van der Waals surface area contributed by atoms with E-state index >= 15 is 0 Å². The van der Waals surface area contributed by atoms with Gasteiger partial charge in [-0.3, -0.25) is 10.1 Å². The van der Waals surface area contributed by atoms with Crippen molar-refractivity contribution in [3.05, 3.63) is 57.2 Å². The molecule has 0 amide bonds. The Morgan fingerprint density at radius 1 is 1.07 bits per heavy atom. The second kappa shape index (κ2) is 7.59. The fraction of sp³-hybridized carbons (Fsp3) is 0.353. The summed E-state index contributed by atoms with van der Waals surface area (Å²) in [7, 11) is 0. The summed E-state index contributed by atoms with van der Waals surface area (Å²) in [5.41, 5.74) is -0.154. The van der Waals surface area contributed by atoms with Gasteiger partial charge in [0.2, 0.25) is 0 Å². The monoisotopic (exact) mass is 400 g/mol. The molecule has 1 aromatic carbocycles. The van der Waals surface area contributed by atoms with Crippen molar-refractivity contribution in [1.82, 2.24) is 4.98 Å². The van der Waals surface area contributed by atoms with Gasteiger partial charge < -0.3 is 9.80 Å². The van der Waals surface area contributed by atoms with Crippen LogP contribution in [0.25, 0.3) is 0 Å². The van der Waals surface area contributed by atoms with Crippen LogP contribution < -0.4 is 9.80 Å². The van der Waals surface area contributed by atoms with Gasteiger partial charge in [0.1, 0.15) is 5.82 Å². The highest BCUT2D eigenvalue weighted by Gasteiger charge is 2.31. The molecule has 6 nitrogen and oxygen atoms in total. The zero-order valence-electron chi connectivity index (χ0n) is 14.1. The zero-order valence-corrected chi connectivity index (χ0v) is 14.9. The first-order chi connectivity index (χ1) is 12.8. The Balaban J connectivity index is 1.71. The lowest BCUT2D eigenvalue weighted by molar-refractivity contribution is -0.384. The third-order valence-corrected chi connectivity index (χ3v) is 4.68. The van der Waals surface area contributed by atoms with Crippen molar-refractivity contribution in [2.24, 2.45) is 0 Å². The summed E-state index contributed by atoms with van der Waals surface area (Å²) in [6.07, 6.45) is -2.82. The van der Waals surface area contributed by atoms with Gasteiger partial charge in [0.15, 0.2) is 0 Å². The average Bonchev–Trinajstić information content (AvgIpc) is 2.87. The number of rotatable bonds is 3. The third-order valence-electron chi connectivity index (χ3n) is 4.38. The molecule has 3 rings (SSSR count). The highest BCUT2D eigenvalue weighted by molar-refractivity contribution is 6.33. The van der Waals surface area contributed by atoms with Crippen LogP contribution in [-0.4, -0.2) is 36.1 Å². The molecule has 0 N–H and O–H groups in total. The van der Waals surface area contributed by atoms with E-state index in [2.05, 4.69) is 4.98 Å². The first-order valence-electron chi connectivity index (χ1n) is 8.23. The van der Waals surface area contributed by atoms with Crippen molar-refractivity contribution in [2.75, 3.05) is 36.0 Å². The van der Waals surface area contributed by atoms with Gasteiger partial charge in [0.25, 0.3) is 5.69 Å². The number of hydrogen-bond acceptors (Lipinski definition) is 5. The summed E-state index contributed by atoms with van der Waals surface area (Å²) in [4.78, 5) is 18.2. The van der Waals surface area contributed by atoms with Crippen molar-refractivity contribution < 1.29 is 18.1 Å². The largest absolute Gasteiger partial charge is 0.417 e. The molecule has 0 bridgehead atoms. The van der Waals surface area contributed by atoms with Gasteiger partial charge in [-0.05, 0) is 24.6 Å². The molecule has 1 saturated heterocycles. The Labute approximate surface area is 158 Å². The molecule has 1 aromatic heterocycles. The van der Waals surface area contributed by atoms with Crippen molar-refractivity contribution in [2.45, 2.75) is 12.6 Å². The van der Waals surface area contributed by atoms with Gasteiger partial charge in [0, 0.05) is 44.5 Å². The molecule has 0 aliphatic carbocycles. The lowest BCUT2D eigenvalue weighted by atomic mass is 10.2. The first-order valence-corrected chi connectivity index (χ1v) is 8.60. The molecule has 1 fully saturated rings. The molecule has 27 heavy (non-hydrogen) atoms. The van der Waals surface area contributed by atoms with E-state index in [0.29, 0.717) is 42.7 Å². The molecule has 0 atom stereocenters. The second-order valence-electron chi connectivity index (χ2n) is 6.12. The summed E-state index contributed by atoms with van der Waals surface area (Å²) < 4.78 is 38.0. The number of halogens is 4. The third kappa shape index (κ3) is 4.41. The summed E-state index contributed by atoms with van der Waals surface area (Å²) in [6, 6.07) is 6.74. The van der Waals surface area contributed by atoms with Gasteiger partial charge in [-0.1, -0.05) is 11.6 Å². The molecule has 1 aliphatic heterocycles.